The van der Waals surface area contributed by atoms with Crippen LogP contribution in [0.25, 0.3) is 0 Å². The molecule has 104 valence electrons. The molecule has 0 spiro atoms. The number of aliphatic hydroxyl groups is 1. The van der Waals surface area contributed by atoms with Gasteiger partial charge in [0.25, 0.3) is 0 Å². The van der Waals surface area contributed by atoms with Gasteiger partial charge in [-0.05, 0) is 37.4 Å². The summed E-state index contributed by atoms with van der Waals surface area (Å²) in [6, 6.07) is 11.8. The summed E-state index contributed by atoms with van der Waals surface area (Å²) in [5.41, 5.74) is 2.42. The highest BCUT2D eigenvalue weighted by atomic mass is 32.1. The average Bonchev–Trinajstić information content (AvgIpc) is 2.97. The van der Waals surface area contributed by atoms with Crippen LogP contribution in [0, 0.1) is 11.3 Å². The van der Waals surface area contributed by atoms with Crippen LogP contribution in [0.1, 0.15) is 36.0 Å². The van der Waals surface area contributed by atoms with E-state index in [1.807, 2.05) is 18.2 Å². The van der Waals surface area contributed by atoms with Gasteiger partial charge >= 0.3 is 0 Å². The molecule has 0 unspecified atom stereocenters. The van der Waals surface area contributed by atoms with Gasteiger partial charge in [0.05, 0.1) is 24.3 Å². The predicted molar refractivity (Wildman–Crippen MR) is 82.8 cm³/mol. The average molecular weight is 286 g/mol. The number of benzene rings is 1. The molecule has 1 aromatic carbocycles. The van der Waals surface area contributed by atoms with Crippen molar-refractivity contribution < 1.29 is 5.11 Å². The van der Waals surface area contributed by atoms with Crippen LogP contribution in [0.2, 0.25) is 0 Å². The fourth-order valence-corrected chi connectivity index (χ4v) is 2.92. The third kappa shape index (κ3) is 3.19. The van der Waals surface area contributed by atoms with E-state index >= 15 is 0 Å². The monoisotopic (exact) mass is 286 g/mol. The summed E-state index contributed by atoms with van der Waals surface area (Å²) < 4.78 is 0. The van der Waals surface area contributed by atoms with Crippen LogP contribution in [0.15, 0.2) is 35.7 Å². The highest BCUT2D eigenvalue weighted by molar-refractivity contribution is 7.09. The summed E-state index contributed by atoms with van der Waals surface area (Å²) in [6.45, 7) is 5.46. The number of nitrogens with zero attached hydrogens (tertiary/aromatic N) is 2. The first-order chi connectivity index (χ1) is 9.65. The lowest BCUT2D eigenvalue weighted by molar-refractivity contribution is 0.199. The molecule has 0 saturated carbocycles. The molecule has 0 aliphatic carbocycles. The molecule has 0 amide bonds. The number of rotatable bonds is 5. The van der Waals surface area contributed by atoms with Gasteiger partial charge in [0.1, 0.15) is 0 Å². The summed E-state index contributed by atoms with van der Waals surface area (Å²) in [6.07, 6.45) is -0.546. The maximum absolute atomic E-state index is 9.93. The zero-order valence-electron chi connectivity index (χ0n) is 11.7. The first-order valence-electron chi connectivity index (χ1n) is 6.65. The Bertz CT molecular complexity index is 599. The molecule has 20 heavy (non-hydrogen) atoms. The van der Waals surface area contributed by atoms with Crippen molar-refractivity contribution in [2.24, 2.45) is 0 Å². The normalized spacial score (nSPS) is 11.9. The predicted octanol–water partition coefficient (Wildman–Crippen LogP) is 3.70. The van der Waals surface area contributed by atoms with Crippen molar-refractivity contribution in [2.75, 3.05) is 11.4 Å². The van der Waals surface area contributed by atoms with Crippen LogP contribution in [0.3, 0.4) is 0 Å². The number of hydrogen-bond acceptors (Lipinski definition) is 4. The Hall–Kier alpha value is -1.83. The Balaban J connectivity index is 2.39. The van der Waals surface area contributed by atoms with Crippen molar-refractivity contribution in [3.63, 3.8) is 0 Å². The molecule has 4 heteroatoms. The zero-order valence-corrected chi connectivity index (χ0v) is 12.5. The molecular formula is C16H18N2OS. The number of aliphatic hydroxyl groups excluding tert-OH is 1. The van der Waals surface area contributed by atoms with E-state index in [4.69, 9.17) is 5.26 Å². The molecule has 1 heterocycles. The van der Waals surface area contributed by atoms with Gasteiger partial charge in [0.15, 0.2) is 0 Å². The Kier molecular flexibility index (Phi) is 4.78. The Morgan fingerprint density at radius 2 is 2.20 bits per heavy atom. The highest BCUT2D eigenvalue weighted by Crippen LogP contribution is 2.29. The molecule has 0 saturated heterocycles. The van der Waals surface area contributed by atoms with Crippen LogP contribution < -0.4 is 4.90 Å². The van der Waals surface area contributed by atoms with Gasteiger partial charge < -0.3 is 10.0 Å². The van der Waals surface area contributed by atoms with Gasteiger partial charge in [-0.3, -0.25) is 0 Å². The van der Waals surface area contributed by atoms with Gasteiger partial charge in [0.2, 0.25) is 0 Å². The summed E-state index contributed by atoms with van der Waals surface area (Å²) in [5, 5.41) is 21.1. The summed E-state index contributed by atoms with van der Waals surface area (Å²) in [4.78, 5) is 3.46. The second kappa shape index (κ2) is 6.56. The number of thiophene rings is 1. The Morgan fingerprint density at radius 1 is 1.40 bits per heavy atom. The van der Waals surface area contributed by atoms with E-state index < -0.39 is 6.10 Å². The van der Waals surface area contributed by atoms with Gasteiger partial charge in [-0.2, -0.15) is 5.26 Å². The van der Waals surface area contributed by atoms with Crippen LogP contribution >= 0.6 is 11.3 Å². The molecule has 1 aromatic heterocycles. The molecule has 2 aromatic rings. The van der Waals surface area contributed by atoms with Crippen LogP contribution in [-0.4, -0.2) is 11.7 Å². The largest absolute Gasteiger partial charge is 0.389 e. The maximum atomic E-state index is 9.93. The molecule has 1 N–H and O–H groups in total. The van der Waals surface area contributed by atoms with Gasteiger partial charge in [0, 0.05) is 22.7 Å². The third-order valence-corrected chi connectivity index (χ3v) is 4.12. The molecule has 0 aliphatic heterocycles. The molecule has 3 nitrogen and oxygen atoms in total. The molecule has 0 fully saturated rings. The minimum Gasteiger partial charge on any atom is -0.389 e. The molecule has 0 aliphatic rings. The minimum absolute atomic E-state index is 0.546. The third-order valence-electron chi connectivity index (χ3n) is 3.26. The summed E-state index contributed by atoms with van der Waals surface area (Å²) >= 11 is 1.72. The van der Waals surface area contributed by atoms with Gasteiger partial charge in [-0.15, -0.1) is 11.3 Å². The van der Waals surface area contributed by atoms with E-state index in [-0.39, 0.29) is 0 Å². The minimum atomic E-state index is -0.546. The fourth-order valence-electron chi connectivity index (χ4n) is 2.20. The fraction of sp³-hybridized carbons (Fsp3) is 0.312. The lowest BCUT2D eigenvalue weighted by atomic mass is 10.0. The first-order valence-corrected chi connectivity index (χ1v) is 7.53. The van der Waals surface area contributed by atoms with E-state index in [1.54, 1.807) is 24.3 Å². The van der Waals surface area contributed by atoms with E-state index in [9.17, 15) is 5.11 Å². The van der Waals surface area contributed by atoms with E-state index in [0.29, 0.717) is 5.56 Å². The maximum Gasteiger partial charge on any atom is 0.0992 e. The Labute approximate surface area is 123 Å². The van der Waals surface area contributed by atoms with E-state index in [0.717, 1.165) is 24.3 Å². The van der Waals surface area contributed by atoms with Crippen molar-refractivity contribution in [2.45, 2.75) is 26.5 Å². The summed E-state index contributed by atoms with van der Waals surface area (Å²) in [7, 11) is 0. The van der Waals surface area contributed by atoms with Gasteiger partial charge in [-0.1, -0.05) is 12.1 Å². The lowest BCUT2D eigenvalue weighted by Crippen LogP contribution is -2.23. The van der Waals surface area contributed by atoms with Crippen molar-refractivity contribution in [3.8, 4) is 6.07 Å². The van der Waals surface area contributed by atoms with E-state index in [1.165, 1.54) is 4.88 Å². The van der Waals surface area contributed by atoms with Crippen molar-refractivity contribution in [1.82, 2.24) is 0 Å². The molecule has 0 bridgehead atoms. The Morgan fingerprint density at radius 3 is 2.75 bits per heavy atom. The highest BCUT2D eigenvalue weighted by Gasteiger charge is 2.15. The van der Waals surface area contributed by atoms with Crippen molar-refractivity contribution in [1.29, 1.82) is 5.26 Å². The SMILES string of the molecule is CCN(Cc1cccs1)c1cc(C#N)ccc1[C@@H](C)O. The topological polar surface area (TPSA) is 47.3 Å². The second-order valence-corrected chi connectivity index (χ2v) is 5.69. The number of nitriles is 1. The molecule has 1 atom stereocenters. The van der Waals surface area contributed by atoms with Crippen LogP contribution in [0.5, 0.6) is 0 Å². The van der Waals surface area contributed by atoms with E-state index in [2.05, 4.69) is 29.3 Å². The van der Waals surface area contributed by atoms with Crippen LogP contribution in [-0.2, 0) is 6.54 Å². The first kappa shape index (κ1) is 14.6. The smallest absolute Gasteiger partial charge is 0.0992 e. The zero-order chi connectivity index (χ0) is 14.5. The molecular weight excluding hydrogens is 268 g/mol. The van der Waals surface area contributed by atoms with Crippen molar-refractivity contribution in [3.05, 3.63) is 51.7 Å². The van der Waals surface area contributed by atoms with Crippen molar-refractivity contribution >= 4 is 17.0 Å². The summed E-state index contributed by atoms with van der Waals surface area (Å²) in [5.74, 6) is 0. The standard InChI is InChI=1S/C16H18N2OS/c1-3-18(11-14-5-4-8-20-14)16-9-13(10-17)6-7-15(16)12(2)19/h4-9,12,19H,3,11H2,1-2H3/t12-/m1/s1. The lowest BCUT2D eigenvalue weighted by Gasteiger charge is -2.26. The van der Waals surface area contributed by atoms with Gasteiger partial charge in [-0.25, -0.2) is 0 Å². The number of hydrogen-bond donors (Lipinski definition) is 1. The van der Waals surface area contributed by atoms with Crippen LogP contribution in [0.4, 0.5) is 5.69 Å². The molecule has 2 rings (SSSR count). The molecule has 0 radical (unpaired) electrons. The second-order valence-electron chi connectivity index (χ2n) is 4.65. The number of anilines is 1. The quantitative estimate of drug-likeness (QED) is 0.911.